The quantitative estimate of drug-likeness (QED) is 0.0197. The number of allylic oxidation sites excluding steroid dienone is 8. The fraction of sp³-hybridized carbons (Fsp3) is 0.817. The van der Waals surface area contributed by atoms with Crippen LogP contribution >= 0.6 is 7.82 Å². The van der Waals surface area contributed by atoms with E-state index in [2.05, 4.69) is 69.4 Å². The number of hydrogen-bond donors (Lipinski definition) is 2. The van der Waals surface area contributed by atoms with Gasteiger partial charge in [-0.2, -0.15) is 0 Å². The molecule has 0 fully saturated rings. The van der Waals surface area contributed by atoms with E-state index >= 15 is 0 Å². The van der Waals surface area contributed by atoms with Crippen molar-refractivity contribution in [2.45, 2.75) is 290 Å². The van der Waals surface area contributed by atoms with Crippen molar-refractivity contribution in [2.75, 3.05) is 26.4 Å². The predicted molar refractivity (Wildman–Crippen MR) is 298 cm³/mol. The smallest absolute Gasteiger partial charge is 0.462 e. The van der Waals surface area contributed by atoms with E-state index in [0.29, 0.717) is 19.3 Å². The van der Waals surface area contributed by atoms with Gasteiger partial charge in [-0.3, -0.25) is 23.4 Å². The van der Waals surface area contributed by atoms with Crippen molar-refractivity contribution in [3.05, 3.63) is 48.6 Å². The highest BCUT2D eigenvalue weighted by atomic mass is 31.2. The van der Waals surface area contributed by atoms with Crippen molar-refractivity contribution in [3.8, 4) is 0 Å². The highest BCUT2D eigenvalue weighted by Crippen LogP contribution is 2.43. The normalized spacial score (nSPS) is 13.7. The zero-order chi connectivity index (χ0) is 52.7. The van der Waals surface area contributed by atoms with Crippen LogP contribution in [0.5, 0.6) is 0 Å². The Morgan fingerprint density at radius 1 is 0.389 bits per heavy atom. The molecule has 0 aliphatic carbocycles. The minimum absolute atomic E-state index is 0.155. The molecule has 12 heteroatoms. The number of carbonyl (C=O) groups excluding carboxylic acids is 3. The summed E-state index contributed by atoms with van der Waals surface area (Å²) in [5.41, 5.74) is 0. The van der Waals surface area contributed by atoms with E-state index < -0.39 is 57.8 Å². The number of carbonyl (C=O) groups is 3. The van der Waals surface area contributed by atoms with E-state index in [1.807, 2.05) is 0 Å². The van der Waals surface area contributed by atoms with Crippen molar-refractivity contribution in [2.24, 2.45) is 0 Å². The number of aliphatic hydroxyl groups is 1. The zero-order valence-electron chi connectivity index (χ0n) is 46.4. The summed E-state index contributed by atoms with van der Waals surface area (Å²) in [5, 5.41) is 9.81. The third-order valence-electron chi connectivity index (χ3n) is 12.7. The summed E-state index contributed by atoms with van der Waals surface area (Å²) in [7, 11) is -4.75. The van der Waals surface area contributed by atoms with E-state index in [1.54, 1.807) is 0 Å². The van der Waals surface area contributed by atoms with Gasteiger partial charge in [0.25, 0.3) is 0 Å². The van der Waals surface area contributed by atoms with Crippen molar-refractivity contribution < 1.29 is 52.2 Å². The van der Waals surface area contributed by atoms with Crippen LogP contribution in [0.15, 0.2) is 48.6 Å². The summed E-state index contributed by atoms with van der Waals surface area (Å²) < 4.78 is 39.5. The summed E-state index contributed by atoms with van der Waals surface area (Å²) in [6.07, 6.45) is 57.7. The molecule has 3 unspecified atom stereocenters. The molecule has 2 N–H and O–H groups in total. The SMILES string of the molecule is CCCCC/C=C\C/C=C\CCCCCCCC(=O)OCC(COP(=O)(O)OCC(CO)OC(=O)CCCCCCC/C=C\CCCCCCCC)OC(=O)CCCCCCC/C=C\CCCCCCCC. The lowest BCUT2D eigenvalue weighted by atomic mass is 10.1. The van der Waals surface area contributed by atoms with Crippen molar-refractivity contribution in [1.29, 1.82) is 0 Å². The van der Waals surface area contributed by atoms with Gasteiger partial charge in [-0.1, -0.05) is 204 Å². The third-order valence-corrected chi connectivity index (χ3v) is 13.6. The van der Waals surface area contributed by atoms with Crippen molar-refractivity contribution in [3.63, 3.8) is 0 Å². The number of phosphoric ester groups is 1. The molecular formula is C60H109O11P. The molecule has 0 heterocycles. The Morgan fingerprint density at radius 3 is 1.07 bits per heavy atom. The monoisotopic (exact) mass is 1040 g/mol. The summed E-state index contributed by atoms with van der Waals surface area (Å²) in [5.74, 6) is -1.49. The first-order valence-corrected chi connectivity index (χ1v) is 31.0. The van der Waals surface area contributed by atoms with Gasteiger partial charge in [-0.25, -0.2) is 4.57 Å². The molecule has 420 valence electrons. The number of phosphoric acid groups is 1. The predicted octanol–water partition coefficient (Wildman–Crippen LogP) is 17.4. The van der Waals surface area contributed by atoms with Crippen LogP contribution in [-0.2, 0) is 42.2 Å². The molecule has 0 bridgehead atoms. The Morgan fingerprint density at radius 2 is 0.681 bits per heavy atom. The van der Waals surface area contributed by atoms with E-state index in [4.69, 9.17) is 23.3 Å². The molecule has 11 nitrogen and oxygen atoms in total. The molecule has 0 saturated carbocycles. The molecule has 0 saturated heterocycles. The maximum atomic E-state index is 12.9. The lowest BCUT2D eigenvalue weighted by Gasteiger charge is -2.21. The number of aliphatic hydroxyl groups excluding tert-OH is 1. The minimum atomic E-state index is -4.75. The van der Waals surface area contributed by atoms with Gasteiger partial charge < -0.3 is 24.2 Å². The fourth-order valence-electron chi connectivity index (χ4n) is 8.14. The van der Waals surface area contributed by atoms with Crippen LogP contribution in [0.4, 0.5) is 0 Å². The molecule has 0 rings (SSSR count). The van der Waals surface area contributed by atoms with E-state index in [-0.39, 0.29) is 25.9 Å². The van der Waals surface area contributed by atoms with Gasteiger partial charge in [0.2, 0.25) is 0 Å². The number of hydrogen-bond acceptors (Lipinski definition) is 10. The van der Waals surface area contributed by atoms with E-state index in [0.717, 1.165) is 122 Å². The number of esters is 3. The maximum absolute atomic E-state index is 12.9. The molecule has 0 amide bonds. The summed E-state index contributed by atoms with van der Waals surface area (Å²) >= 11 is 0. The summed E-state index contributed by atoms with van der Waals surface area (Å²) in [4.78, 5) is 48.5. The number of unbranched alkanes of at least 4 members (excludes halogenated alkanes) is 30. The standard InChI is InChI=1S/C60H109O11P/c1-4-7-10-13-16-19-22-25-28-31-34-37-40-43-46-49-58(62)67-53-57(71-60(64)51-48-45-42-39-36-33-30-27-24-21-18-15-12-9-6-3)55-69-72(65,66)68-54-56(52-61)70-59(63)50-47-44-41-38-35-32-29-26-23-20-17-14-11-8-5-2/h16,19,25-30,56-57,61H,4-15,17-18,20-24,31-55H2,1-3H3,(H,65,66)/b19-16-,28-25-,29-26-,30-27-. The van der Waals surface area contributed by atoms with Gasteiger partial charge in [0, 0.05) is 19.3 Å². The van der Waals surface area contributed by atoms with Gasteiger partial charge in [0.1, 0.15) is 12.7 Å². The average Bonchev–Trinajstić information content (AvgIpc) is 3.37. The first-order chi connectivity index (χ1) is 35.2. The molecule has 0 radical (unpaired) electrons. The van der Waals surface area contributed by atoms with E-state index in [9.17, 15) is 28.9 Å². The molecule has 0 aromatic rings. The van der Waals surface area contributed by atoms with Crippen LogP contribution in [0.2, 0.25) is 0 Å². The molecule has 0 aliphatic rings. The van der Waals surface area contributed by atoms with Crippen LogP contribution in [0.25, 0.3) is 0 Å². The maximum Gasteiger partial charge on any atom is 0.472 e. The lowest BCUT2D eigenvalue weighted by molar-refractivity contribution is -0.161. The second-order valence-electron chi connectivity index (χ2n) is 19.8. The van der Waals surface area contributed by atoms with Gasteiger partial charge >= 0.3 is 25.7 Å². The Balaban J connectivity index is 4.73. The van der Waals surface area contributed by atoms with Gasteiger partial charge in [0.15, 0.2) is 6.10 Å². The Bertz CT molecular complexity index is 1400. The summed E-state index contributed by atoms with van der Waals surface area (Å²) in [6.45, 7) is 4.60. The minimum Gasteiger partial charge on any atom is -0.462 e. The van der Waals surface area contributed by atoms with Gasteiger partial charge in [-0.15, -0.1) is 0 Å². The molecule has 0 spiro atoms. The second kappa shape index (κ2) is 54.7. The van der Waals surface area contributed by atoms with Crippen LogP contribution in [-0.4, -0.2) is 66.5 Å². The largest absolute Gasteiger partial charge is 0.472 e. The van der Waals surface area contributed by atoms with Crippen LogP contribution in [0, 0.1) is 0 Å². The molecule has 0 aliphatic heterocycles. The fourth-order valence-corrected chi connectivity index (χ4v) is 8.92. The topological polar surface area (TPSA) is 155 Å². The molecule has 0 aromatic heterocycles. The Hall–Kier alpha value is -2.56. The second-order valence-corrected chi connectivity index (χ2v) is 21.3. The van der Waals surface area contributed by atoms with Crippen molar-refractivity contribution in [1.82, 2.24) is 0 Å². The summed E-state index contributed by atoms with van der Waals surface area (Å²) in [6, 6.07) is 0. The highest BCUT2D eigenvalue weighted by molar-refractivity contribution is 7.47. The molecule has 3 atom stereocenters. The lowest BCUT2D eigenvalue weighted by Crippen LogP contribution is -2.30. The number of rotatable bonds is 55. The van der Waals surface area contributed by atoms with Gasteiger partial charge in [-0.05, 0) is 103 Å². The third kappa shape index (κ3) is 52.3. The molecular weight excluding hydrogens is 928 g/mol. The van der Waals surface area contributed by atoms with Crippen molar-refractivity contribution >= 4 is 25.7 Å². The van der Waals surface area contributed by atoms with Crippen LogP contribution < -0.4 is 0 Å². The van der Waals surface area contributed by atoms with Gasteiger partial charge in [0.05, 0.1) is 19.8 Å². The van der Waals surface area contributed by atoms with Crippen LogP contribution in [0.1, 0.15) is 278 Å². The highest BCUT2D eigenvalue weighted by Gasteiger charge is 2.28. The molecule has 72 heavy (non-hydrogen) atoms. The molecule has 0 aromatic carbocycles. The zero-order valence-corrected chi connectivity index (χ0v) is 47.3. The first kappa shape index (κ1) is 69.4. The van der Waals surface area contributed by atoms with E-state index in [1.165, 1.54) is 96.3 Å². The Labute approximate surface area is 441 Å². The average molecular weight is 1040 g/mol. The van der Waals surface area contributed by atoms with Crippen LogP contribution in [0.3, 0.4) is 0 Å². The number of ether oxygens (including phenoxy) is 3. The Kier molecular flexibility index (Phi) is 52.7. The first-order valence-electron chi connectivity index (χ1n) is 29.5.